The van der Waals surface area contributed by atoms with Gasteiger partial charge in [-0.2, -0.15) is 4.80 Å². The normalized spacial score (nSPS) is 10.8. The minimum Gasteiger partial charge on any atom is -0.309 e. The van der Waals surface area contributed by atoms with Gasteiger partial charge in [0.2, 0.25) is 5.82 Å². The topological polar surface area (TPSA) is 109 Å². The van der Waals surface area contributed by atoms with Gasteiger partial charge in [0.15, 0.2) is 0 Å². The highest BCUT2D eigenvalue weighted by molar-refractivity contribution is 5.52. The Morgan fingerprint density at radius 1 is 1.00 bits per heavy atom. The fourth-order valence-corrected chi connectivity index (χ4v) is 2.55. The first-order valence-corrected chi connectivity index (χ1v) is 8.31. The number of rotatable bonds is 8. The molecule has 0 radical (unpaired) electrons. The number of hydrogen-bond acceptors (Lipinski definition) is 6. The van der Waals surface area contributed by atoms with E-state index in [0.29, 0.717) is 18.9 Å². The van der Waals surface area contributed by atoms with E-state index < -0.39 is 4.92 Å². The van der Waals surface area contributed by atoms with Crippen molar-refractivity contribution in [1.29, 1.82) is 0 Å². The van der Waals surface area contributed by atoms with Crippen LogP contribution in [0.3, 0.4) is 0 Å². The van der Waals surface area contributed by atoms with E-state index >= 15 is 0 Å². The predicted octanol–water partition coefficient (Wildman–Crippen LogP) is 2.28. The molecule has 26 heavy (non-hydrogen) atoms. The summed E-state index contributed by atoms with van der Waals surface area (Å²) in [6.07, 6.45) is 3.69. The number of aromatic nitrogens is 5. The zero-order valence-electron chi connectivity index (χ0n) is 14.1. The summed E-state index contributed by atoms with van der Waals surface area (Å²) in [5.41, 5.74) is 0.606. The summed E-state index contributed by atoms with van der Waals surface area (Å²) in [6.45, 7) is 1.07. The molecule has 134 valence electrons. The van der Waals surface area contributed by atoms with Crippen molar-refractivity contribution in [1.82, 2.24) is 24.8 Å². The van der Waals surface area contributed by atoms with Crippen LogP contribution in [0.25, 0.3) is 11.4 Å². The van der Waals surface area contributed by atoms with E-state index in [1.807, 2.05) is 30.3 Å². The lowest BCUT2D eigenvalue weighted by atomic mass is 10.2. The Hall–Kier alpha value is -3.36. The van der Waals surface area contributed by atoms with Gasteiger partial charge in [0.05, 0.1) is 17.7 Å². The molecule has 0 saturated heterocycles. The van der Waals surface area contributed by atoms with Crippen LogP contribution in [0.2, 0.25) is 0 Å². The number of unbranched alkanes of at least 4 members (excludes halogenated alkanes) is 2. The number of nitrogens with zero attached hydrogens (tertiary/aromatic N) is 6. The van der Waals surface area contributed by atoms with Crippen molar-refractivity contribution in [3.8, 4) is 11.4 Å². The lowest BCUT2D eigenvalue weighted by Gasteiger charge is -2.05. The molecule has 0 bridgehead atoms. The van der Waals surface area contributed by atoms with Crippen LogP contribution < -0.4 is 5.56 Å². The SMILES string of the molecule is O=c1ccc([N+](=O)[O-])cn1CCCCCn1nnc(-c2ccccc2)n1. The molecule has 0 fully saturated rings. The average molecular weight is 354 g/mol. The first kappa shape index (κ1) is 17.5. The minimum atomic E-state index is -0.503. The van der Waals surface area contributed by atoms with Gasteiger partial charge >= 0.3 is 0 Å². The molecule has 0 unspecified atom stereocenters. The van der Waals surface area contributed by atoms with E-state index in [-0.39, 0.29) is 11.2 Å². The quantitative estimate of drug-likeness (QED) is 0.349. The standard InChI is InChI=1S/C17H18N6O3/c24-16-10-9-15(23(25)26)13-21(16)11-5-2-6-12-22-19-17(18-20-22)14-7-3-1-4-8-14/h1,3-4,7-10,13H,2,5-6,11-12H2. The molecule has 3 aromatic rings. The molecule has 0 atom stereocenters. The van der Waals surface area contributed by atoms with Crippen molar-refractivity contribution in [3.05, 3.63) is 69.1 Å². The van der Waals surface area contributed by atoms with Crippen LogP contribution in [0.15, 0.2) is 53.5 Å². The van der Waals surface area contributed by atoms with Crippen LogP contribution in [-0.2, 0) is 13.1 Å². The van der Waals surface area contributed by atoms with Gasteiger partial charge in [-0.25, -0.2) is 0 Å². The summed E-state index contributed by atoms with van der Waals surface area (Å²) in [5.74, 6) is 0.591. The summed E-state index contributed by atoms with van der Waals surface area (Å²) in [6, 6.07) is 12.1. The Kier molecular flexibility index (Phi) is 5.47. The van der Waals surface area contributed by atoms with Crippen molar-refractivity contribution >= 4 is 5.69 Å². The van der Waals surface area contributed by atoms with Gasteiger partial charge in [0.25, 0.3) is 11.2 Å². The Bertz CT molecular complexity index is 935. The molecule has 0 aliphatic heterocycles. The third kappa shape index (κ3) is 4.38. The molecule has 2 aromatic heterocycles. The van der Waals surface area contributed by atoms with Crippen LogP contribution in [0, 0.1) is 10.1 Å². The van der Waals surface area contributed by atoms with Crippen LogP contribution in [0.4, 0.5) is 5.69 Å². The molecule has 0 amide bonds. The van der Waals surface area contributed by atoms with Crippen LogP contribution in [-0.4, -0.2) is 29.7 Å². The van der Waals surface area contributed by atoms with Crippen molar-refractivity contribution in [2.24, 2.45) is 0 Å². The van der Waals surface area contributed by atoms with Crippen LogP contribution >= 0.6 is 0 Å². The summed E-state index contributed by atoms with van der Waals surface area (Å²) in [5, 5.41) is 23.2. The Morgan fingerprint density at radius 3 is 2.54 bits per heavy atom. The second kappa shape index (κ2) is 8.15. The number of nitro groups is 1. The smallest absolute Gasteiger partial charge is 0.285 e. The molecule has 9 nitrogen and oxygen atoms in total. The maximum Gasteiger partial charge on any atom is 0.285 e. The van der Waals surface area contributed by atoms with E-state index in [2.05, 4.69) is 15.4 Å². The van der Waals surface area contributed by atoms with Gasteiger partial charge < -0.3 is 4.57 Å². The number of aryl methyl sites for hydroxylation is 2. The van der Waals surface area contributed by atoms with E-state index in [0.717, 1.165) is 24.8 Å². The molecule has 3 rings (SSSR count). The van der Waals surface area contributed by atoms with E-state index in [1.54, 1.807) is 4.80 Å². The molecule has 2 heterocycles. The predicted molar refractivity (Wildman–Crippen MR) is 94.5 cm³/mol. The molecule has 0 saturated carbocycles. The van der Waals surface area contributed by atoms with Crippen LogP contribution in [0.5, 0.6) is 0 Å². The van der Waals surface area contributed by atoms with Gasteiger partial charge in [-0.3, -0.25) is 14.9 Å². The highest BCUT2D eigenvalue weighted by atomic mass is 16.6. The number of pyridine rings is 1. The lowest BCUT2D eigenvalue weighted by molar-refractivity contribution is -0.385. The fourth-order valence-electron chi connectivity index (χ4n) is 2.55. The molecule has 0 N–H and O–H groups in total. The Balaban J connectivity index is 1.47. The highest BCUT2D eigenvalue weighted by Gasteiger charge is 2.08. The number of benzene rings is 1. The van der Waals surface area contributed by atoms with Crippen molar-refractivity contribution < 1.29 is 4.92 Å². The maximum absolute atomic E-state index is 11.7. The summed E-state index contributed by atoms with van der Waals surface area (Å²) in [4.78, 5) is 23.5. The molecular formula is C17H18N6O3. The maximum atomic E-state index is 11.7. The van der Waals surface area contributed by atoms with E-state index in [1.165, 1.54) is 22.9 Å². The summed E-state index contributed by atoms with van der Waals surface area (Å²) in [7, 11) is 0. The monoisotopic (exact) mass is 354 g/mol. The lowest BCUT2D eigenvalue weighted by Crippen LogP contribution is -2.18. The highest BCUT2D eigenvalue weighted by Crippen LogP contribution is 2.12. The largest absolute Gasteiger partial charge is 0.309 e. The Morgan fingerprint density at radius 2 is 1.77 bits per heavy atom. The number of tetrazole rings is 1. The van der Waals surface area contributed by atoms with Gasteiger partial charge in [-0.05, 0) is 24.5 Å². The first-order chi connectivity index (χ1) is 12.6. The van der Waals surface area contributed by atoms with Gasteiger partial charge in [-0.15, -0.1) is 10.2 Å². The van der Waals surface area contributed by atoms with Crippen LogP contribution in [0.1, 0.15) is 19.3 Å². The summed E-state index contributed by atoms with van der Waals surface area (Å²) >= 11 is 0. The average Bonchev–Trinajstić information content (AvgIpc) is 3.12. The van der Waals surface area contributed by atoms with Crippen molar-refractivity contribution in [2.45, 2.75) is 32.4 Å². The van der Waals surface area contributed by atoms with Crippen molar-refractivity contribution in [2.75, 3.05) is 0 Å². The molecule has 1 aromatic carbocycles. The minimum absolute atomic E-state index is 0.0788. The molecule has 9 heteroatoms. The zero-order valence-corrected chi connectivity index (χ0v) is 14.1. The van der Waals surface area contributed by atoms with Gasteiger partial charge in [0, 0.05) is 24.2 Å². The summed E-state index contributed by atoms with van der Waals surface area (Å²) < 4.78 is 1.37. The van der Waals surface area contributed by atoms with E-state index in [9.17, 15) is 14.9 Å². The van der Waals surface area contributed by atoms with Gasteiger partial charge in [0.1, 0.15) is 0 Å². The Labute approximate surface area is 149 Å². The molecule has 0 spiro atoms. The second-order valence-corrected chi connectivity index (χ2v) is 5.81. The third-order valence-electron chi connectivity index (χ3n) is 3.92. The van der Waals surface area contributed by atoms with Gasteiger partial charge in [-0.1, -0.05) is 30.3 Å². The molecule has 0 aliphatic rings. The second-order valence-electron chi connectivity index (χ2n) is 5.81. The van der Waals surface area contributed by atoms with E-state index in [4.69, 9.17) is 0 Å². The molecule has 0 aliphatic carbocycles. The fraction of sp³-hybridized carbons (Fsp3) is 0.294. The van der Waals surface area contributed by atoms with Crippen molar-refractivity contribution in [3.63, 3.8) is 0 Å². The number of hydrogen-bond donors (Lipinski definition) is 0. The third-order valence-corrected chi connectivity index (χ3v) is 3.92. The molecular weight excluding hydrogens is 336 g/mol. The first-order valence-electron chi connectivity index (χ1n) is 8.31. The zero-order chi connectivity index (χ0) is 18.4.